The minimum atomic E-state index is -4.60. The Morgan fingerprint density at radius 2 is 1.89 bits per heavy atom. The highest BCUT2D eigenvalue weighted by Crippen LogP contribution is 2.39. The molecule has 0 aromatic carbocycles. The molecule has 0 unspecified atom stereocenters. The summed E-state index contributed by atoms with van der Waals surface area (Å²) >= 11 is 0. The van der Waals surface area contributed by atoms with Crippen LogP contribution in [0.5, 0.6) is 5.88 Å². The number of aryl methyl sites for hydroxylation is 2. The van der Waals surface area contributed by atoms with Gasteiger partial charge in [0.05, 0.1) is 24.8 Å². The maximum atomic E-state index is 14.4. The Balaban J connectivity index is 1.32. The number of ether oxygens (including phenoxy) is 1. The lowest BCUT2D eigenvalue weighted by molar-refractivity contribution is -0.145. The fraction of sp³-hybridized carbons (Fsp3) is 0.423. The molecule has 5 rings (SSSR count). The first kappa shape index (κ1) is 25.8. The number of fused-ring (bicyclic) bond motifs is 1. The zero-order chi connectivity index (χ0) is 27.2. The van der Waals surface area contributed by atoms with Gasteiger partial charge in [-0.1, -0.05) is 0 Å². The topological polar surface area (TPSA) is 93.1 Å². The number of alkyl halides is 3. The average molecular weight is 531 g/mol. The van der Waals surface area contributed by atoms with Crippen LogP contribution in [0.2, 0.25) is 0 Å². The molecule has 2 aliphatic heterocycles. The standard InChI is InChI=1S/C26H26F4N6O2/c1-14(18-9-21(38-3)31-12-20(18)27)23(37)36-7-6-25(13-36)5-4-16-8-19(15(2)34-22(16)35-25)17-10-32-24(33-11-17)26(28,29)30/h8-12,14H,4-7,13H2,1-3H3,(H,34,35)/t14-,25+/m1/s1. The largest absolute Gasteiger partial charge is 0.481 e. The van der Waals surface area contributed by atoms with Gasteiger partial charge in [-0.2, -0.15) is 13.2 Å². The van der Waals surface area contributed by atoms with Gasteiger partial charge in [-0.05, 0) is 44.7 Å². The zero-order valence-electron chi connectivity index (χ0n) is 21.1. The van der Waals surface area contributed by atoms with E-state index < -0.39 is 23.7 Å². The Morgan fingerprint density at radius 1 is 1.16 bits per heavy atom. The van der Waals surface area contributed by atoms with E-state index in [0.717, 1.165) is 30.6 Å². The first-order valence-electron chi connectivity index (χ1n) is 12.2. The molecule has 2 atom stereocenters. The first-order chi connectivity index (χ1) is 18.0. The molecule has 8 nitrogen and oxygen atoms in total. The average Bonchev–Trinajstić information content (AvgIpc) is 3.30. The van der Waals surface area contributed by atoms with E-state index in [1.807, 2.05) is 6.07 Å². The zero-order valence-corrected chi connectivity index (χ0v) is 21.1. The molecule has 38 heavy (non-hydrogen) atoms. The van der Waals surface area contributed by atoms with Crippen molar-refractivity contribution in [3.8, 4) is 17.0 Å². The SMILES string of the molecule is COc1cc([C@@H](C)C(=O)N2CC[C@@]3(CCc4cc(-c5cnc(C(F)(F)F)nc5)c(C)nc4N3)C2)c(F)cn1. The van der Waals surface area contributed by atoms with Crippen molar-refractivity contribution in [2.75, 3.05) is 25.5 Å². The number of hydrogen-bond donors (Lipinski definition) is 1. The Kier molecular flexibility index (Phi) is 6.44. The highest BCUT2D eigenvalue weighted by atomic mass is 19.4. The number of carbonyl (C=O) groups is 1. The molecule has 1 spiro atoms. The molecular weight excluding hydrogens is 504 g/mol. The van der Waals surface area contributed by atoms with Crippen LogP contribution in [0, 0.1) is 12.7 Å². The van der Waals surface area contributed by atoms with Gasteiger partial charge in [0.15, 0.2) is 0 Å². The summed E-state index contributed by atoms with van der Waals surface area (Å²) in [6, 6.07) is 3.36. The Morgan fingerprint density at radius 3 is 2.58 bits per heavy atom. The van der Waals surface area contributed by atoms with E-state index in [1.165, 1.54) is 13.2 Å². The van der Waals surface area contributed by atoms with E-state index in [2.05, 4.69) is 20.3 Å². The Labute approximate surface area is 216 Å². The van der Waals surface area contributed by atoms with Gasteiger partial charge in [0.2, 0.25) is 17.6 Å². The molecule has 0 aliphatic carbocycles. The predicted octanol–water partition coefficient (Wildman–Crippen LogP) is 4.54. The number of likely N-dealkylation sites (tertiary alicyclic amines) is 1. The van der Waals surface area contributed by atoms with Gasteiger partial charge in [-0.25, -0.2) is 24.3 Å². The number of amides is 1. The quantitative estimate of drug-likeness (QED) is 0.495. The number of hydrogen-bond acceptors (Lipinski definition) is 7. The summed E-state index contributed by atoms with van der Waals surface area (Å²) in [5, 5.41) is 3.52. The minimum absolute atomic E-state index is 0.177. The van der Waals surface area contributed by atoms with Crippen LogP contribution in [0.3, 0.4) is 0 Å². The number of pyridine rings is 2. The van der Waals surface area contributed by atoms with E-state index in [9.17, 15) is 22.4 Å². The number of anilines is 1. The smallest absolute Gasteiger partial charge is 0.451 e. The number of nitrogens with zero attached hydrogens (tertiary/aromatic N) is 5. The van der Waals surface area contributed by atoms with Crippen LogP contribution >= 0.6 is 0 Å². The van der Waals surface area contributed by atoms with Crippen molar-refractivity contribution in [1.82, 2.24) is 24.8 Å². The van der Waals surface area contributed by atoms with Crippen LogP contribution in [-0.4, -0.2) is 56.5 Å². The summed E-state index contributed by atoms with van der Waals surface area (Å²) < 4.78 is 58.0. The molecule has 0 saturated carbocycles. The van der Waals surface area contributed by atoms with Gasteiger partial charge in [-0.15, -0.1) is 0 Å². The van der Waals surface area contributed by atoms with Gasteiger partial charge in [-0.3, -0.25) is 4.79 Å². The van der Waals surface area contributed by atoms with Crippen molar-refractivity contribution >= 4 is 11.7 Å². The number of carbonyl (C=O) groups excluding carboxylic acids is 1. The maximum absolute atomic E-state index is 14.4. The summed E-state index contributed by atoms with van der Waals surface area (Å²) in [7, 11) is 1.43. The molecule has 200 valence electrons. The number of halogens is 4. The van der Waals surface area contributed by atoms with Crippen molar-refractivity contribution in [3.05, 3.63) is 59.2 Å². The van der Waals surface area contributed by atoms with Crippen LogP contribution in [0.1, 0.15) is 48.3 Å². The predicted molar refractivity (Wildman–Crippen MR) is 130 cm³/mol. The third-order valence-corrected chi connectivity index (χ3v) is 7.34. The molecule has 0 radical (unpaired) electrons. The monoisotopic (exact) mass is 530 g/mol. The van der Waals surface area contributed by atoms with Crippen molar-refractivity contribution in [3.63, 3.8) is 0 Å². The molecular formula is C26H26F4N6O2. The molecule has 2 aliphatic rings. The third kappa shape index (κ3) is 4.74. The van der Waals surface area contributed by atoms with Gasteiger partial charge < -0.3 is 15.0 Å². The fourth-order valence-electron chi connectivity index (χ4n) is 5.19. The van der Waals surface area contributed by atoms with E-state index in [4.69, 9.17) is 9.72 Å². The Hall–Kier alpha value is -3.83. The van der Waals surface area contributed by atoms with Gasteiger partial charge in [0.25, 0.3) is 0 Å². The first-order valence-corrected chi connectivity index (χ1v) is 12.2. The van der Waals surface area contributed by atoms with Crippen molar-refractivity contribution < 1.29 is 27.1 Å². The number of nitrogens with one attached hydrogen (secondary N) is 1. The molecule has 0 bridgehead atoms. The highest BCUT2D eigenvalue weighted by Gasteiger charge is 2.43. The van der Waals surface area contributed by atoms with Gasteiger partial charge in [0, 0.05) is 53.9 Å². The van der Waals surface area contributed by atoms with E-state index in [1.54, 1.807) is 18.7 Å². The molecule has 3 aromatic rings. The van der Waals surface area contributed by atoms with Gasteiger partial charge >= 0.3 is 6.18 Å². The van der Waals surface area contributed by atoms with Crippen LogP contribution in [-0.2, 0) is 17.4 Å². The second kappa shape index (κ2) is 9.48. The second-order valence-electron chi connectivity index (χ2n) is 9.81. The van der Waals surface area contributed by atoms with E-state index >= 15 is 0 Å². The van der Waals surface area contributed by atoms with Crippen molar-refractivity contribution in [1.29, 1.82) is 0 Å². The minimum Gasteiger partial charge on any atom is -0.481 e. The van der Waals surface area contributed by atoms with Crippen LogP contribution in [0.15, 0.2) is 30.7 Å². The summed E-state index contributed by atoms with van der Waals surface area (Å²) in [5.41, 5.74) is 2.55. The summed E-state index contributed by atoms with van der Waals surface area (Å²) in [5.74, 6) is -1.69. The highest BCUT2D eigenvalue weighted by molar-refractivity contribution is 5.84. The lowest BCUT2D eigenvalue weighted by atomic mass is 9.86. The second-order valence-corrected chi connectivity index (χ2v) is 9.81. The summed E-state index contributed by atoms with van der Waals surface area (Å²) in [6.07, 6.45) is 0.902. The van der Waals surface area contributed by atoms with E-state index in [0.29, 0.717) is 48.6 Å². The number of aromatic nitrogens is 4. The molecule has 12 heteroatoms. The number of rotatable bonds is 4. The van der Waals surface area contributed by atoms with Crippen LogP contribution in [0.4, 0.5) is 23.4 Å². The number of methoxy groups -OCH3 is 1. The third-order valence-electron chi connectivity index (χ3n) is 7.34. The molecule has 3 aromatic heterocycles. The molecule has 1 fully saturated rings. The Bertz CT molecular complexity index is 1380. The fourth-order valence-corrected chi connectivity index (χ4v) is 5.19. The van der Waals surface area contributed by atoms with Crippen LogP contribution < -0.4 is 10.1 Å². The lowest BCUT2D eigenvalue weighted by Crippen LogP contribution is -2.46. The molecule has 1 N–H and O–H groups in total. The van der Waals surface area contributed by atoms with Crippen molar-refractivity contribution in [2.24, 2.45) is 0 Å². The molecule has 1 saturated heterocycles. The van der Waals surface area contributed by atoms with Crippen LogP contribution in [0.25, 0.3) is 11.1 Å². The summed E-state index contributed by atoms with van der Waals surface area (Å²) in [4.78, 5) is 30.5. The maximum Gasteiger partial charge on any atom is 0.451 e. The normalized spacial score (nSPS) is 19.7. The lowest BCUT2D eigenvalue weighted by Gasteiger charge is -2.36. The van der Waals surface area contributed by atoms with Crippen molar-refractivity contribution in [2.45, 2.75) is 50.7 Å². The molecule has 1 amide bonds. The molecule has 5 heterocycles. The summed E-state index contributed by atoms with van der Waals surface area (Å²) in [6.45, 7) is 4.43. The van der Waals surface area contributed by atoms with Gasteiger partial charge in [0.1, 0.15) is 11.6 Å². The van der Waals surface area contributed by atoms with E-state index in [-0.39, 0.29) is 22.9 Å².